The van der Waals surface area contributed by atoms with Gasteiger partial charge in [0.1, 0.15) is 5.75 Å². The number of carbonyl (C=O) groups is 2. The van der Waals surface area contributed by atoms with Crippen LogP contribution in [-0.2, 0) is 9.53 Å². The van der Waals surface area contributed by atoms with E-state index in [9.17, 15) is 14.7 Å². The molecule has 7 heteroatoms. The largest absolute Gasteiger partial charge is 0.487 e. The van der Waals surface area contributed by atoms with Gasteiger partial charge in [-0.3, -0.25) is 9.59 Å². The second kappa shape index (κ2) is 11.0. The average molecular weight is 505 g/mol. The quantitative estimate of drug-likeness (QED) is 0.156. The summed E-state index contributed by atoms with van der Waals surface area (Å²) >= 11 is 2.26. The SMILES string of the molecule is C=COC(O)COc1ccc2c(c1)[C@H](C)c1cc(SC(=O)c3ccc(SC(=O)C=C)cc3)ccc1-2. The van der Waals surface area contributed by atoms with Crippen LogP contribution in [0, 0.1) is 0 Å². The van der Waals surface area contributed by atoms with Gasteiger partial charge in [-0.25, -0.2) is 0 Å². The molecular formula is C28H24O5S2. The number of fused-ring (bicyclic) bond motifs is 3. The van der Waals surface area contributed by atoms with Crippen LogP contribution in [0.2, 0.25) is 0 Å². The van der Waals surface area contributed by atoms with Gasteiger partial charge in [0.25, 0.3) is 0 Å². The first kappa shape index (κ1) is 24.9. The van der Waals surface area contributed by atoms with Crippen molar-refractivity contribution < 1.29 is 24.2 Å². The number of hydrogen-bond donors (Lipinski definition) is 1. The molecule has 178 valence electrons. The molecule has 0 amide bonds. The van der Waals surface area contributed by atoms with Crippen LogP contribution < -0.4 is 4.74 Å². The molecule has 0 aromatic heterocycles. The number of ether oxygens (including phenoxy) is 2. The van der Waals surface area contributed by atoms with Crippen molar-refractivity contribution in [3.8, 4) is 16.9 Å². The lowest BCUT2D eigenvalue weighted by molar-refractivity contribution is -0.107. The van der Waals surface area contributed by atoms with Crippen molar-refractivity contribution in [3.05, 3.63) is 103 Å². The normalized spacial score (nSPS) is 14.4. The van der Waals surface area contributed by atoms with Gasteiger partial charge in [-0.2, -0.15) is 0 Å². The lowest BCUT2D eigenvalue weighted by Gasteiger charge is -2.13. The van der Waals surface area contributed by atoms with Crippen molar-refractivity contribution >= 4 is 33.8 Å². The molecule has 35 heavy (non-hydrogen) atoms. The Labute approximate surface area is 212 Å². The first-order valence-electron chi connectivity index (χ1n) is 10.9. The summed E-state index contributed by atoms with van der Waals surface area (Å²) in [5.74, 6) is 0.781. The number of rotatable bonds is 9. The summed E-state index contributed by atoms with van der Waals surface area (Å²) in [4.78, 5) is 26.0. The summed E-state index contributed by atoms with van der Waals surface area (Å²) in [5, 5.41) is 9.48. The fourth-order valence-corrected chi connectivity index (χ4v) is 5.29. The molecule has 0 saturated heterocycles. The maximum atomic E-state index is 12.8. The van der Waals surface area contributed by atoms with Crippen molar-refractivity contribution in [1.29, 1.82) is 0 Å². The third-order valence-corrected chi connectivity index (χ3v) is 7.39. The molecule has 0 bridgehead atoms. The van der Waals surface area contributed by atoms with E-state index in [0.717, 1.165) is 43.8 Å². The molecule has 4 rings (SSSR count). The molecule has 0 radical (unpaired) electrons. The van der Waals surface area contributed by atoms with Crippen LogP contribution in [0.4, 0.5) is 0 Å². The molecule has 0 spiro atoms. The third-order valence-electron chi connectivity index (χ3n) is 5.60. The highest BCUT2D eigenvalue weighted by molar-refractivity contribution is 8.14. The Morgan fingerprint density at radius 1 is 0.971 bits per heavy atom. The molecule has 1 N–H and O–H groups in total. The van der Waals surface area contributed by atoms with Gasteiger partial charge in [0, 0.05) is 21.3 Å². The Hall–Kier alpha value is -3.26. The maximum Gasteiger partial charge on any atom is 0.230 e. The zero-order valence-corrected chi connectivity index (χ0v) is 20.7. The van der Waals surface area contributed by atoms with E-state index in [-0.39, 0.29) is 22.8 Å². The fraction of sp³-hybridized carbons (Fsp3) is 0.143. The molecule has 3 aromatic rings. The van der Waals surface area contributed by atoms with E-state index in [1.807, 2.05) is 24.3 Å². The molecular weight excluding hydrogens is 480 g/mol. The molecule has 0 aliphatic heterocycles. The van der Waals surface area contributed by atoms with E-state index >= 15 is 0 Å². The Kier molecular flexibility index (Phi) is 7.80. The van der Waals surface area contributed by atoms with Gasteiger partial charge in [0.05, 0.1) is 6.26 Å². The number of thioether (sulfide) groups is 2. The number of hydrogen-bond acceptors (Lipinski definition) is 7. The predicted molar refractivity (Wildman–Crippen MR) is 140 cm³/mol. The van der Waals surface area contributed by atoms with Crippen LogP contribution in [0.5, 0.6) is 5.75 Å². The van der Waals surface area contributed by atoms with Gasteiger partial charge < -0.3 is 14.6 Å². The molecule has 1 aliphatic rings. The molecule has 2 atom stereocenters. The van der Waals surface area contributed by atoms with Crippen molar-refractivity contribution in [2.45, 2.75) is 28.9 Å². The van der Waals surface area contributed by atoms with E-state index in [2.05, 4.69) is 32.2 Å². The van der Waals surface area contributed by atoms with Crippen LogP contribution in [0.3, 0.4) is 0 Å². The molecule has 0 fully saturated rings. The zero-order valence-electron chi connectivity index (χ0n) is 19.1. The Bertz CT molecular complexity index is 1280. The summed E-state index contributed by atoms with van der Waals surface area (Å²) in [6.07, 6.45) is 1.37. The van der Waals surface area contributed by atoms with Gasteiger partial charge in [0.2, 0.25) is 16.5 Å². The summed E-state index contributed by atoms with van der Waals surface area (Å²) in [6, 6.07) is 19.0. The Morgan fingerprint density at radius 3 is 2.31 bits per heavy atom. The van der Waals surface area contributed by atoms with Crippen molar-refractivity contribution in [2.75, 3.05) is 6.61 Å². The Balaban J connectivity index is 1.46. The molecule has 1 unspecified atom stereocenters. The number of benzene rings is 3. The third kappa shape index (κ3) is 5.70. The minimum Gasteiger partial charge on any atom is -0.487 e. The van der Waals surface area contributed by atoms with Gasteiger partial charge >= 0.3 is 0 Å². The summed E-state index contributed by atoms with van der Waals surface area (Å²) < 4.78 is 10.5. The molecule has 0 heterocycles. The molecule has 5 nitrogen and oxygen atoms in total. The Morgan fingerprint density at radius 2 is 1.63 bits per heavy atom. The van der Waals surface area contributed by atoms with Gasteiger partial charge in [-0.05, 0) is 100 Å². The minimum absolute atomic E-state index is 0.000728. The zero-order chi connectivity index (χ0) is 24.9. The topological polar surface area (TPSA) is 72.8 Å². The van der Waals surface area contributed by atoms with E-state index in [0.29, 0.717) is 11.3 Å². The highest BCUT2D eigenvalue weighted by atomic mass is 32.2. The second-order valence-electron chi connectivity index (χ2n) is 7.83. The van der Waals surface area contributed by atoms with Gasteiger partial charge in [-0.1, -0.05) is 32.2 Å². The lowest BCUT2D eigenvalue weighted by Crippen LogP contribution is -2.18. The predicted octanol–water partition coefficient (Wildman–Crippen LogP) is 6.41. The van der Waals surface area contributed by atoms with Crippen molar-refractivity contribution in [3.63, 3.8) is 0 Å². The number of aliphatic hydroxyl groups is 1. The first-order chi connectivity index (χ1) is 16.9. The highest BCUT2D eigenvalue weighted by Crippen LogP contribution is 2.47. The molecule has 0 saturated carbocycles. The number of aliphatic hydroxyl groups excluding tert-OH is 1. The maximum absolute atomic E-state index is 12.8. The van der Waals surface area contributed by atoms with Crippen LogP contribution in [0.15, 0.2) is 96.0 Å². The second-order valence-corrected chi connectivity index (χ2v) is 9.95. The highest BCUT2D eigenvalue weighted by Gasteiger charge is 2.26. The molecule has 1 aliphatic carbocycles. The molecule has 3 aromatic carbocycles. The smallest absolute Gasteiger partial charge is 0.230 e. The van der Waals surface area contributed by atoms with E-state index in [4.69, 9.17) is 9.47 Å². The van der Waals surface area contributed by atoms with E-state index < -0.39 is 6.29 Å². The van der Waals surface area contributed by atoms with Crippen molar-refractivity contribution in [2.24, 2.45) is 0 Å². The minimum atomic E-state index is -1.07. The van der Waals surface area contributed by atoms with Gasteiger partial charge in [0.15, 0.2) is 6.61 Å². The van der Waals surface area contributed by atoms with Crippen LogP contribution in [0.25, 0.3) is 11.1 Å². The first-order valence-corrected chi connectivity index (χ1v) is 12.5. The summed E-state index contributed by atoms with van der Waals surface area (Å²) in [6.45, 7) is 9.01. The summed E-state index contributed by atoms with van der Waals surface area (Å²) in [5.41, 5.74) is 5.13. The average Bonchev–Trinajstić information content (AvgIpc) is 3.14. The van der Waals surface area contributed by atoms with Gasteiger partial charge in [-0.15, -0.1) is 0 Å². The summed E-state index contributed by atoms with van der Waals surface area (Å²) in [7, 11) is 0. The van der Waals surface area contributed by atoms with Crippen LogP contribution >= 0.6 is 23.5 Å². The van der Waals surface area contributed by atoms with Crippen LogP contribution in [0.1, 0.15) is 34.3 Å². The fourth-order valence-electron chi connectivity index (χ4n) is 3.91. The van der Waals surface area contributed by atoms with E-state index in [1.165, 1.54) is 24.1 Å². The number of carbonyl (C=O) groups excluding carboxylic acids is 2. The lowest BCUT2D eigenvalue weighted by atomic mass is 9.99. The standard InChI is InChI=1S/C28H24O5S2/c1-4-27(30)34-20-9-6-18(7-10-20)28(31)35-21-11-13-23-22-12-8-19(33-16-26(29)32-5-2)14-24(22)17(3)25(23)15-21/h4-15,17,26,29H,1-2,16H2,3H3/t17-,26?/m0/s1. The monoisotopic (exact) mass is 504 g/mol. The van der Waals surface area contributed by atoms with E-state index in [1.54, 1.807) is 24.3 Å². The van der Waals surface area contributed by atoms with Crippen molar-refractivity contribution in [1.82, 2.24) is 0 Å². The van der Waals surface area contributed by atoms with Crippen LogP contribution in [-0.4, -0.2) is 28.2 Å².